The summed E-state index contributed by atoms with van der Waals surface area (Å²) in [6.45, 7) is 19.3. The third-order valence-corrected chi connectivity index (χ3v) is 9.68. The van der Waals surface area contributed by atoms with Crippen LogP contribution in [0.3, 0.4) is 0 Å². The van der Waals surface area contributed by atoms with Crippen LogP contribution in [0.5, 0.6) is 0 Å². The second-order valence-electron chi connectivity index (χ2n) is 13.3. The number of hydrogen-bond acceptors (Lipinski definition) is 4. The van der Waals surface area contributed by atoms with Crippen LogP contribution in [0.2, 0.25) is 0 Å². The van der Waals surface area contributed by atoms with Gasteiger partial charge in [-0.2, -0.15) is 0 Å². The van der Waals surface area contributed by atoms with Crippen molar-refractivity contribution < 1.29 is 14.6 Å². The zero-order valence-electron chi connectivity index (χ0n) is 29.8. The van der Waals surface area contributed by atoms with Gasteiger partial charge in [0.05, 0.1) is 13.2 Å². The Bertz CT molecular complexity index is 481. The van der Waals surface area contributed by atoms with Crippen molar-refractivity contribution in [1.82, 2.24) is 4.90 Å². The van der Waals surface area contributed by atoms with Crippen molar-refractivity contribution >= 4 is 0 Å². The highest BCUT2D eigenvalue weighted by molar-refractivity contribution is 4.67. The molecule has 0 bridgehead atoms. The third kappa shape index (κ3) is 25.2. The summed E-state index contributed by atoms with van der Waals surface area (Å²) in [5.41, 5.74) is 0. The van der Waals surface area contributed by atoms with Crippen LogP contribution in [0.25, 0.3) is 0 Å². The first-order chi connectivity index (χ1) is 20.6. The summed E-state index contributed by atoms with van der Waals surface area (Å²) in [4.78, 5) is 2.72. The van der Waals surface area contributed by atoms with Crippen LogP contribution >= 0.6 is 0 Å². The van der Waals surface area contributed by atoms with Gasteiger partial charge in [0.2, 0.25) is 0 Å². The Morgan fingerprint density at radius 3 is 1.38 bits per heavy atom. The van der Waals surface area contributed by atoms with Gasteiger partial charge in [-0.05, 0) is 75.9 Å². The molecule has 0 amide bonds. The first-order valence-electron chi connectivity index (χ1n) is 19.1. The molecule has 254 valence electrons. The molecule has 4 heteroatoms. The average Bonchev–Trinajstić information content (AvgIpc) is 3.01. The van der Waals surface area contributed by atoms with Crippen LogP contribution in [0.1, 0.15) is 183 Å². The smallest absolute Gasteiger partial charge is 0.157 e. The number of ether oxygens (including phenoxy) is 2. The zero-order chi connectivity index (χ0) is 31.1. The van der Waals surface area contributed by atoms with Crippen LogP contribution in [0, 0.1) is 17.8 Å². The van der Waals surface area contributed by atoms with Gasteiger partial charge in [0.1, 0.15) is 0 Å². The van der Waals surface area contributed by atoms with E-state index in [1.54, 1.807) is 0 Å². The topological polar surface area (TPSA) is 41.9 Å². The molecule has 4 nitrogen and oxygen atoms in total. The van der Waals surface area contributed by atoms with Crippen LogP contribution in [0.15, 0.2) is 0 Å². The van der Waals surface area contributed by atoms with Crippen molar-refractivity contribution in [2.75, 3.05) is 39.5 Å². The summed E-state index contributed by atoms with van der Waals surface area (Å²) in [5.74, 6) is 2.19. The Hall–Kier alpha value is -0.160. The second-order valence-corrected chi connectivity index (χ2v) is 13.3. The zero-order valence-corrected chi connectivity index (χ0v) is 29.8. The van der Waals surface area contributed by atoms with E-state index in [-0.39, 0.29) is 6.29 Å². The van der Waals surface area contributed by atoms with Crippen LogP contribution in [-0.4, -0.2) is 55.8 Å². The maximum atomic E-state index is 9.35. The third-order valence-electron chi connectivity index (χ3n) is 9.68. The van der Waals surface area contributed by atoms with Crippen molar-refractivity contribution in [3.05, 3.63) is 0 Å². The van der Waals surface area contributed by atoms with Gasteiger partial charge in [0.25, 0.3) is 0 Å². The van der Waals surface area contributed by atoms with E-state index < -0.39 is 0 Å². The van der Waals surface area contributed by atoms with E-state index in [0.717, 1.165) is 44.9 Å². The van der Waals surface area contributed by atoms with Gasteiger partial charge in [0, 0.05) is 6.61 Å². The predicted octanol–water partition coefficient (Wildman–Crippen LogP) is 11.2. The monoisotopic (exact) mass is 598 g/mol. The molecule has 0 radical (unpaired) electrons. The van der Waals surface area contributed by atoms with Gasteiger partial charge < -0.3 is 19.5 Å². The number of hydrogen-bond donors (Lipinski definition) is 1. The highest BCUT2D eigenvalue weighted by Crippen LogP contribution is 2.23. The number of unbranched alkanes of at least 4 members (excludes halogenated alkanes) is 10. The van der Waals surface area contributed by atoms with Gasteiger partial charge >= 0.3 is 0 Å². The molecule has 42 heavy (non-hydrogen) atoms. The van der Waals surface area contributed by atoms with Gasteiger partial charge in [-0.25, -0.2) is 0 Å². The molecule has 0 aliphatic heterocycles. The molecular weight excluding hydrogens is 518 g/mol. The summed E-state index contributed by atoms with van der Waals surface area (Å²) in [6.07, 6.45) is 28.1. The summed E-state index contributed by atoms with van der Waals surface area (Å²) in [6, 6.07) is 0. The maximum absolute atomic E-state index is 9.35. The summed E-state index contributed by atoms with van der Waals surface area (Å²) < 4.78 is 12.6. The fourth-order valence-electron chi connectivity index (χ4n) is 6.05. The largest absolute Gasteiger partial charge is 0.396 e. The quantitative estimate of drug-likeness (QED) is 0.0592. The second kappa shape index (κ2) is 32.2. The highest BCUT2D eigenvalue weighted by Gasteiger charge is 2.16. The molecule has 0 aromatic carbocycles. The lowest BCUT2D eigenvalue weighted by Crippen LogP contribution is -2.29. The summed E-state index contributed by atoms with van der Waals surface area (Å²) in [7, 11) is 0. The molecule has 0 rings (SSSR count). The lowest BCUT2D eigenvalue weighted by molar-refractivity contribution is -0.161. The van der Waals surface area contributed by atoms with E-state index in [9.17, 15) is 5.11 Å². The van der Waals surface area contributed by atoms with Crippen LogP contribution in [-0.2, 0) is 9.47 Å². The molecule has 0 fully saturated rings. The van der Waals surface area contributed by atoms with Crippen molar-refractivity contribution in [2.24, 2.45) is 17.8 Å². The van der Waals surface area contributed by atoms with E-state index in [1.165, 1.54) is 135 Å². The number of aliphatic hydroxyl groups is 1. The van der Waals surface area contributed by atoms with Crippen LogP contribution < -0.4 is 0 Å². The lowest BCUT2D eigenvalue weighted by atomic mass is 9.91. The minimum absolute atomic E-state index is 0.0345. The fraction of sp³-hybridized carbons (Fsp3) is 1.00. The maximum Gasteiger partial charge on any atom is 0.157 e. The van der Waals surface area contributed by atoms with E-state index >= 15 is 0 Å². The Labute approximate surface area is 265 Å². The minimum atomic E-state index is -0.0345. The Balaban J connectivity index is 4.66. The Morgan fingerprint density at radius 1 is 0.452 bits per heavy atom. The fourth-order valence-corrected chi connectivity index (χ4v) is 6.05. The van der Waals surface area contributed by atoms with Gasteiger partial charge in [-0.15, -0.1) is 0 Å². The number of aliphatic hydroxyl groups excluding tert-OH is 1. The van der Waals surface area contributed by atoms with E-state index in [2.05, 4.69) is 46.4 Å². The normalized spacial score (nSPS) is 12.3. The van der Waals surface area contributed by atoms with Gasteiger partial charge in [-0.3, -0.25) is 0 Å². The van der Waals surface area contributed by atoms with Crippen molar-refractivity contribution in [3.8, 4) is 0 Å². The first-order valence-corrected chi connectivity index (χ1v) is 19.1. The molecule has 0 saturated heterocycles. The molecule has 0 aromatic heterocycles. The average molecular weight is 598 g/mol. The lowest BCUT2D eigenvalue weighted by Gasteiger charge is -2.26. The predicted molar refractivity (Wildman–Crippen MR) is 185 cm³/mol. The Morgan fingerprint density at radius 2 is 0.905 bits per heavy atom. The number of rotatable bonds is 34. The minimum Gasteiger partial charge on any atom is -0.396 e. The van der Waals surface area contributed by atoms with Crippen LogP contribution in [0.4, 0.5) is 0 Å². The SMILES string of the molecule is CCCCCCC(CCCCCC)CCN(CCCCO)CCCCCCC(OCC(CC)CC)OCC(CC)CC. The molecule has 1 N–H and O–H groups in total. The Kier molecular flexibility index (Phi) is 32.1. The van der Waals surface area contributed by atoms with Crippen molar-refractivity contribution in [3.63, 3.8) is 0 Å². The highest BCUT2D eigenvalue weighted by atomic mass is 16.7. The summed E-state index contributed by atoms with van der Waals surface area (Å²) >= 11 is 0. The van der Waals surface area contributed by atoms with Crippen molar-refractivity contribution in [1.29, 1.82) is 0 Å². The van der Waals surface area contributed by atoms with E-state index in [0.29, 0.717) is 18.4 Å². The van der Waals surface area contributed by atoms with E-state index in [1.807, 2.05) is 0 Å². The molecule has 0 unspecified atom stereocenters. The van der Waals surface area contributed by atoms with Gasteiger partial charge in [0.15, 0.2) is 6.29 Å². The molecule has 0 saturated carbocycles. The molecule has 0 aliphatic rings. The molecule has 0 atom stereocenters. The first kappa shape index (κ1) is 41.8. The van der Waals surface area contributed by atoms with Gasteiger partial charge in [-0.1, -0.05) is 144 Å². The molecule has 0 spiro atoms. The molecular formula is C38H79NO3. The molecule has 0 aliphatic carbocycles. The van der Waals surface area contributed by atoms with E-state index in [4.69, 9.17) is 9.47 Å². The molecule has 0 heterocycles. The summed E-state index contributed by atoms with van der Waals surface area (Å²) in [5, 5.41) is 9.35. The number of nitrogens with zero attached hydrogens (tertiary/aromatic N) is 1. The standard InChI is InChI=1S/C38H79NO3/c1-7-13-15-19-25-37(26-20-16-14-8-2)28-31-39(30-23-24-32-40)29-22-18-17-21-27-38(41-33-35(9-3)10-4)42-34-36(11-5)12-6/h35-38,40H,7-34H2,1-6H3. The molecule has 0 aromatic rings. The van der Waals surface area contributed by atoms with Crippen molar-refractivity contribution in [2.45, 2.75) is 189 Å².